The second kappa shape index (κ2) is 43.6. The molecule has 0 spiro atoms. The molecule has 0 saturated heterocycles. The highest BCUT2D eigenvalue weighted by atomic mass is 19.4. The Balaban J connectivity index is -0.0000000529. The minimum absolute atomic E-state index is 0. The Labute approximate surface area is 329 Å². The van der Waals surface area contributed by atoms with Crippen LogP contribution in [0.4, 0.5) is 115 Å². The molecule has 0 bridgehead atoms. The summed E-state index contributed by atoms with van der Waals surface area (Å²) in [6, 6.07) is 0. The van der Waals surface area contributed by atoms with E-state index in [1.165, 1.54) is 13.8 Å². The summed E-state index contributed by atoms with van der Waals surface area (Å²) in [4.78, 5) is 14.2. The van der Waals surface area contributed by atoms with Crippen LogP contribution in [0.15, 0.2) is 0 Å². The van der Waals surface area contributed by atoms with Gasteiger partial charge in [0.2, 0.25) is 6.93 Å². The molecule has 382 valence electrons. The third-order valence-electron chi connectivity index (χ3n) is 3.64. The lowest BCUT2D eigenvalue weighted by atomic mass is 10.1. The second-order valence-electron chi connectivity index (χ2n) is 10.6. The molecular formula is C28H52F26O6. The smallest absolute Gasteiger partial charge is 0.325 e. The normalized spacial score (nSPS) is 12.3. The quantitative estimate of drug-likeness (QED) is 0.215. The molecule has 0 saturated carbocycles. The highest BCUT2D eigenvalue weighted by Gasteiger charge is 2.72. The van der Waals surface area contributed by atoms with Gasteiger partial charge in [-0.3, -0.25) is 0 Å². The zero-order valence-corrected chi connectivity index (χ0v) is 33.0. The van der Waals surface area contributed by atoms with Gasteiger partial charge in [-0.1, -0.05) is 14.4 Å². The lowest BCUT2D eigenvalue weighted by Crippen LogP contribution is -2.59. The largest absolute Gasteiger partial charge is 0.454 e. The molecule has 0 rings (SSSR count). The molecule has 0 aliphatic rings. The molecule has 0 aromatic carbocycles. The van der Waals surface area contributed by atoms with Crippen LogP contribution >= 0.6 is 0 Å². The molecule has 32 heteroatoms. The van der Waals surface area contributed by atoms with Gasteiger partial charge < -0.3 is 4.74 Å². The molecule has 0 aliphatic carbocycles. The van der Waals surface area contributed by atoms with E-state index < -0.39 is 93.1 Å². The number of alkyl halides is 21. The van der Waals surface area contributed by atoms with Gasteiger partial charge in [0.05, 0.1) is 34.0 Å². The molecule has 0 aliphatic heterocycles. The first-order valence-electron chi connectivity index (χ1n) is 14.2. The Kier molecular flexibility index (Phi) is 61.9. The van der Waals surface area contributed by atoms with Crippen LogP contribution in [0.3, 0.4) is 0 Å². The molecular weight excluding hydrogens is 926 g/mol. The van der Waals surface area contributed by atoms with Crippen LogP contribution in [0.5, 0.6) is 0 Å². The third-order valence-corrected chi connectivity index (χ3v) is 3.64. The molecule has 60 heavy (non-hydrogen) atoms. The van der Waals surface area contributed by atoms with E-state index in [2.05, 4.69) is 29.4 Å². The van der Waals surface area contributed by atoms with Crippen molar-refractivity contribution in [3.8, 4) is 0 Å². The van der Waals surface area contributed by atoms with Gasteiger partial charge in [0, 0.05) is 27.2 Å². The summed E-state index contributed by atoms with van der Waals surface area (Å²) < 4.78 is 294. The van der Waals surface area contributed by atoms with Gasteiger partial charge in [-0.2, -0.15) is 64.2 Å². The molecule has 1 unspecified atom stereocenters. The Morgan fingerprint density at radius 3 is 0.683 bits per heavy atom. The van der Waals surface area contributed by atoms with E-state index in [1.807, 2.05) is 0 Å². The van der Waals surface area contributed by atoms with Crippen molar-refractivity contribution in [3.05, 3.63) is 0 Å². The Morgan fingerprint density at radius 1 is 0.417 bits per heavy atom. The van der Waals surface area contributed by atoms with Crippen molar-refractivity contribution in [1.82, 2.24) is 0 Å². The standard InChI is InChI=1S/C8H11F7O.C4H5F5.C4H8F2O.2C3H5F3.CH2F2.4CH3FO.CH4/c1-5(2,4-9)16-7(12,6(3,10)11)8(13,14)15;1-3(6,7)4(8,9)2-5;1-4(2,3-5)7-6;1-3(5,6)2-4;1-2-3(4,5)6;2-1-3;4*1-3-2;/h4H2,1-3H3;2H2,1H3;3H2,1-2H3;2*2H2,1H3;1H2;4*1H3;1H4. The third kappa shape index (κ3) is 70.5. The van der Waals surface area contributed by atoms with Crippen LogP contribution in [0, 0.1) is 0 Å². The summed E-state index contributed by atoms with van der Waals surface area (Å²) in [5, 5.41) is 0. The van der Waals surface area contributed by atoms with E-state index in [4.69, 9.17) is 0 Å². The van der Waals surface area contributed by atoms with Gasteiger partial charge in [0.25, 0.3) is 5.92 Å². The van der Waals surface area contributed by atoms with Crippen molar-refractivity contribution in [3.63, 3.8) is 0 Å². The number of hydrogen-bond donors (Lipinski definition) is 0. The van der Waals surface area contributed by atoms with Crippen molar-refractivity contribution in [2.75, 3.05) is 62.1 Å². The molecule has 0 aromatic rings. The van der Waals surface area contributed by atoms with Crippen LogP contribution < -0.4 is 0 Å². The lowest BCUT2D eigenvalue weighted by Gasteiger charge is -2.37. The first-order chi connectivity index (χ1) is 25.9. The molecule has 0 aromatic heterocycles. The monoisotopic (exact) mass is 978 g/mol. The maximum Gasteiger partial charge on any atom is 0.454 e. The summed E-state index contributed by atoms with van der Waals surface area (Å²) in [6.45, 7) is -2.54. The number of hydrogen-bond acceptors (Lipinski definition) is 6. The van der Waals surface area contributed by atoms with Crippen molar-refractivity contribution >= 4 is 0 Å². The molecule has 0 radical (unpaired) electrons. The predicted molar refractivity (Wildman–Crippen MR) is 165 cm³/mol. The summed E-state index contributed by atoms with van der Waals surface area (Å²) in [7, 11) is 3.83. The average molecular weight is 979 g/mol. The summed E-state index contributed by atoms with van der Waals surface area (Å²) in [6.07, 6.45) is -10.6. The highest BCUT2D eigenvalue weighted by Crippen LogP contribution is 2.48. The zero-order valence-electron chi connectivity index (χ0n) is 33.0. The van der Waals surface area contributed by atoms with Gasteiger partial charge in [-0.05, 0) is 50.3 Å². The van der Waals surface area contributed by atoms with Crippen molar-refractivity contribution < 1.29 is 144 Å². The van der Waals surface area contributed by atoms with Gasteiger partial charge >= 0.3 is 36.0 Å². The molecule has 0 amide bonds. The molecule has 0 fully saturated rings. The Bertz CT molecular complexity index is 773. The Hall–Kier alpha value is -2.06. The number of ether oxygens (including phenoxy) is 1. The van der Waals surface area contributed by atoms with Crippen LogP contribution in [0.25, 0.3) is 0 Å². The predicted octanol–water partition coefficient (Wildman–Crippen LogP) is 14.7. The SMILES string of the molecule is C.CC(C)(CF)OC(F)(C(C)(F)F)C(F)(F)F.CC(C)(CF)OF.CC(F)(F)C(F)(F)CF.CC(F)(F)CF.CCC(F)(F)F.COF.COF.COF.COF.FCF. The summed E-state index contributed by atoms with van der Waals surface area (Å²) in [5.74, 6) is -22.0. The van der Waals surface area contributed by atoms with E-state index in [0.717, 1.165) is 49.2 Å². The molecule has 0 heterocycles. The minimum Gasteiger partial charge on any atom is -0.325 e. The van der Waals surface area contributed by atoms with Crippen LogP contribution in [0.2, 0.25) is 0 Å². The van der Waals surface area contributed by atoms with Gasteiger partial charge in [0.15, 0.2) is 13.3 Å². The van der Waals surface area contributed by atoms with Gasteiger partial charge in [0.1, 0.15) is 19.0 Å². The van der Waals surface area contributed by atoms with Crippen molar-refractivity contribution in [1.29, 1.82) is 0 Å². The Morgan fingerprint density at radius 2 is 0.633 bits per heavy atom. The fourth-order valence-electron chi connectivity index (χ4n) is 0.942. The highest BCUT2D eigenvalue weighted by molar-refractivity contribution is 4.92. The fourth-order valence-corrected chi connectivity index (χ4v) is 0.942. The zero-order chi connectivity index (χ0) is 51.0. The molecule has 6 nitrogen and oxygen atoms in total. The van der Waals surface area contributed by atoms with E-state index in [0.29, 0.717) is 6.92 Å². The van der Waals surface area contributed by atoms with Gasteiger partial charge in [-0.25, -0.2) is 52.7 Å². The summed E-state index contributed by atoms with van der Waals surface area (Å²) >= 11 is 0. The second-order valence-corrected chi connectivity index (χ2v) is 10.6. The summed E-state index contributed by atoms with van der Waals surface area (Å²) in [5.41, 5.74) is -3.55. The topological polar surface area (TPSA) is 55.4 Å². The molecule has 0 N–H and O–H groups in total. The first kappa shape index (κ1) is 85.3. The number of halogens is 26. The van der Waals surface area contributed by atoms with Gasteiger partial charge in [-0.15, -0.1) is 0 Å². The maximum absolute atomic E-state index is 13.2. The van der Waals surface area contributed by atoms with E-state index in [-0.39, 0.29) is 21.3 Å². The van der Waals surface area contributed by atoms with Crippen molar-refractivity contribution in [2.24, 2.45) is 0 Å². The van der Waals surface area contributed by atoms with E-state index in [9.17, 15) is 115 Å². The van der Waals surface area contributed by atoms with E-state index in [1.54, 1.807) is 0 Å². The van der Waals surface area contributed by atoms with Crippen LogP contribution in [-0.2, 0) is 29.4 Å². The fraction of sp³-hybridized carbons (Fsp3) is 1.00. The molecule has 1 atom stereocenters. The number of rotatable bonds is 9. The van der Waals surface area contributed by atoms with Crippen LogP contribution in [0.1, 0.15) is 69.2 Å². The first-order valence-corrected chi connectivity index (χ1v) is 14.2. The van der Waals surface area contributed by atoms with E-state index >= 15 is 0 Å². The average Bonchev–Trinajstić information content (AvgIpc) is 3.05. The minimum atomic E-state index is -5.96. The van der Waals surface area contributed by atoms with Crippen molar-refractivity contribution in [2.45, 2.75) is 122 Å². The maximum atomic E-state index is 13.2. The lowest BCUT2D eigenvalue weighted by molar-refractivity contribution is -0.417. The van der Waals surface area contributed by atoms with Crippen LogP contribution in [-0.4, -0.2) is 115 Å².